The maximum Gasteiger partial charge on any atom is 0.335 e. The fraction of sp³-hybridized carbons (Fsp3) is 0.111. The number of carboxylic acids is 1. The van der Waals surface area contributed by atoms with Crippen LogP contribution in [0.15, 0.2) is 17.0 Å². The van der Waals surface area contributed by atoms with Crippen molar-refractivity contribution >= 4 is 16.0 Å². The molecule has 6 nitrogen and oxygen atoms in total. The van der Waals surface area contributed by atoms with Gasteiger partial charge in [-0.2, -0.15) is 9.98 Å². The van der Waals surface area contributed by atoms with Gasteiger partial charge in [-0.3, -0.25) is 0 Å². The van der Waals surface area contributed by atoms with Crippen molar-refractivity contribution in [2.75, 3.05) is 6.54 Å². The molecule has 0 saturated carbocycles. The maximum atomic E-state index is 13.3. The molecule has 0 heterocycles. The zero-order chi connectivity index (χ0) is 13.9. The number of carboxylic acid groups (broad SMARTS) is 1. The van der Waals surface area contributed by atoms with E-state index in [0.29, 0.717) is 12.1 Å². The van der Waals surface area contributed by atoms with Gasteiger partial charge >= 0.3 is 5.97 Å². The minimum atomic E-state index is -4.48. The number of carbonyl (C=O) groups is 1. The van der Waals surface area contributed by atoms with Crippen molar-refractivity contribution in [3.8, 4) is 6.07 Å². The smallest absolute Gasteiger partial charge is 0.335 e. The van der Waals surface area contributed by atoms with Gasteiger partial charge < -0.3 is 5.11 Å². The number of hydrogen-bond donors (Lipinski definition) is 2. The highest BCUT2D eigenvalue weighted by atomic mass is 32.2. The number of benzene rings is 1. The van der Waals surface area contributed by atoms with Crippen molar-refractivity contribution in [1.82, 2.24) is 4.72 Å². The van der Waals surface area contributed by atoms with E-state index in [2.05, 4.69) is 0 Å². The molecule has 0 radical (unpaired) electrons. The van der Waals surface area contributed by atoms with Crippen LogP contribution in [0.1, 0.15) is 10.4 Å². The first-order chi connectivity index (χ1) is 8.29. The van der Waals surface area contributed by atoms with Crippen molar-refractivity contribution in [1.29, 1.82) is 5.26 Å². The highest BCUT2D eigenvalue weighted by Crippen LogP contribution is 2.19. The molecule has 0 aliphatic heterocycles. The summed E-state index contributed by atoms with van der Waals surface area (Å²) in [6, 6.07) is 2.28. The van der Waals surface area contributed by atoms with Crippen LogP contribution in [0.3, 0.4) is 0 Å². The molecule has 0 spiro atoms. The third kappa shape index (κ3) is 2.79. The van der Waals surface area contributed by atoms with Gasteiger partial charge in [-0.05, 0) is 12.1 Å². The predicted molar refractivity (Wildman–Crippen MR) is 54.1 cm³/mol. The van der Waals surface area contributed by atoms with Crippen LogP contribution in [-0.4, -0.2) is 26.0 Å². The van der Waals surface area contributed by atoms with E-state index >= 15 is 0 Å². The topological polar surface area (TPSA) is 107 Å². The standard InChI is InChI=1S/C9H6F2N2O4S/c10-6-3-5(9(14)15)4-7(8(6)11)18(16,17)13-2-1-12/h3-4,13H,2H2,(H,14,15). The van der Waals surface area contributed by atoms with Gasteiger partial charge in [0.05, 0.1) is 18.2 Å². The Kier molecular flexibility index (Phi) is 3.95. The fourth-order valence-electron chi connectivity index (χ4n) is 1.09. The van der Waals surface area contributed by atoms with Crippen LogP contribution < -0.4 is 4.72 Å². The number of halogens is 2. The molecular weight excluding hydrogens is 270 g/mol. The zero-order valence-electron chi connectivity index (χ0n) is 8.65. The van der Waals surface area contributed by atoms with Crippen molar-refractivity contribution in [2.24, 2.45) is 0 Å². The Labute approximate surface area is 101 Å². The summed E-state index contributed by atoms with van der Waals surface area (Å²) in [5, 5.41) is 16.8. The third-order valence-corrected chi connectivity index (χ3v) is 3.27. The molecule has 1 rings (SSSR count). The molecule has 0 aliphatic carbocycles. The van der Waals surface area contributed by atoms with Gasteiger partial charge in [-0.25, -0.2) is 22.0 Å². The van der Waals surface area contributed by atoms with Gasteiger partial charge in [-0.15, -0.1) is 0 Å². The summed E-state index contributed by atoms with van der Waals surface area (Å²) in [5.41, 5.74) is -0.716. The van der Waals surface area contributed by atoms with Crippen LogP contribution in [0.2, 0.25) is 0 Å². The normalized spacial score (nSPS) is 10.9. The Balaban J connectivity index is 3.41. The Hall–Kier alpha value is -2.05. The lowest BCUT2D eigenvalue weighted by Gasteiger charge is -2.06. The van der Waals surface area contributed by atoms with Gasteiger partial charge in [0.2, 0.25) is 10.0 Å². The molecule has 0 bridgehead atoms. The molecule has 0 aliphatic rings. The number of rotatable bonds is 4. The molecule has 9 heteroatoms. The second-order valence-electron chi connectivity index (χ2n) is 3.06. The molecule has 0 saturated heterocycles. The average Bonchev–Trinajstić information content (AvgIpc) is 2.29. The van der Waals surface area contributed by atoms with Crippen LogP contribution in [0.25, 0.3) is 0 Å². The lowest BCUT2D eigenvalue weighted by atomic mass is 10.2. The largest absolute Gasteiger partial charge is 0.478 e. The van der Waals surface area contributed by atoms with Gasteiger partial charge in [0.15, 0.2) is 11.6 Å². The van der Waals surface area contributed by atoms with E-state index in [1.54, 1.807) is 4.72 Å². The Morgan fingerprint density at radius 1 is 1.44 bits per heavy atom. The molecule has 18 heavy (non-hydrogen) atoms. The highest BCUT2D eigenvalue weighted by Gasteiger charge is 2.24. The second kappa shape index (κ2) is 5.07. The number of nitrogens with zero attached hydrogens (tertiary/aromatic N) is 1. The van der Waals surface area contributed by atoms with Gasteiger partial charge in [0, 0.05) is 0 Å². The minimum absolute atomic E-state index is 0.362. The molecular formula is C9H6F2N2O4S. The van der Waals surface area contributed by atoms with E-state index < -0.39 is 44.6 Å². The highest BCUT2D eigenvalue weighted by molar-refractivity contribution is 7.89. The molecule has 0 fully saturated rings. The first kappa shape index (κ1) is 14.0. The monoisotopic (exact) mass is 276 g/mol. The summed E-state index contributed by atoms with van der Waals surface area (Å²) < 4.78 is 51.0. The third-order valence-electron chi connectivity index (χ3n) is 1.87. The van der Waals surface area contributed by atoms with Crippen LogP contribution in [-0.2, 0) is 10.0 Å². The van der Waals surface area contributed by atoms with Gasteiger partial charge in [-0.1, -0.05) is 0 Å². The molecule has 1 aromatic carbocycles. The van der Waals surface area contributed by atoms with Crippen LogP contribution in [0.5, 0.6) is 0 Å². The number of nitrogens with one attached hydrogen (secondary N) is 1. The van der Waals surface area contributed by atoms with E-state index in [4.69, 9.17) is 10.4 Å². The molecule has 2 N–H and O–H groups in total. The van der Waals surface area contributed by atoms with Gasteiger partial charge in [0.25, 0.3) is 0 Å². The molecule has 0 atom stereocenters. The van der Waals surface area contributed by atoms with Crippen LogP contribution >= 0.6 is 0 Å². The predicted octanol–water partition coefficient (Wildman–Crippen LogP) is 0.465. The summed E-state index contributed by atoms with van der Waals surface area (Å²) >= 11 is 0. The van der Waals surface area contributed by atoms with Crippen molar-refractivity contribution in [2.45, 2.75) is 4.90 Å². The van der Waals surface area contributed by atoms with Crippen LogP contribution in [0.4, 0.5) is 8.78 Å². The Bertz CT molecular complexity index is 637. The summed E-state index contributed by atoms with van der Waals surface area (Å²) in [7, 11) is -4.48. The van der Waals surface area contributed by atoms with E-state index in [1.165, 1.54) is 6.07 Å². The fourth-order valence-corrected chi connectivity index (χ4v) is 2.11. The van der Waals surface area contributed by atoms with Gasteiger partial charge in [0.1, 0.15) is 4.90 Å². The first-order valence-corrected chi connectivity index (χ1v) is 5.87. The van der Waals surface area contributed by atoms with E-state index in [9.17, 15) is 22.0 Å². The lowest BCUT2D eigenvalue weighted by Crippen LogP contribution is -2.25. The summed E-state index contributed by atoms with van der Waals surface area (Å²) in [4.78, 5) is 9.44. The average molecular weight is 276 g/mol. The SMILES string of the molecule is N#CCNS(=O)(=O)c1cc(C(=O)O)cc(F)c1F. The zero-order valence-corrected chi connectivity index (χ0v) is 9.46. The summed E-state index contributed by atoms with van der Waals surface area (Å²) in [6.07, 6.45) is 0. The van der Waals surface area contributed by atoms with Crippen molar-refractivity contribution in [3.63, 3.8) is 0 Å². The molecule has 0 amide bonds. The second-order valence-corrected chi connectivity index (χ2v) is 4.79. The minimum Gasteiger partial charge on any atom is -0.478 e. The number of sulfonamides is 1. The molecule has 0 unspecified atom stereocenters. The lowest BCUT2D eigenvalue weighted by molar-refractivity contribution is 0.0696. The van der Waals surface area contributed by atoms with Crippen molar-refractivity contribution in [3.05, 3.63) is 29.3 Å². The Morgan fingerprint density at radius 2 is 2.06 bits per heavy atom. The van der Waals surface area contributed by atoms with E-state index in [-0.39, 0.29) is 0 Å². The molecule has 1 aromatic rings. The first-order valence-electron chi connectivity index (χ1n) is 4.38. The quantitative estimate of drug-likeness (QED) is 0.777. The summed E-state index contributed by atoms with van der Waals surface area (Å²) in [5.74, 6) is -4.91. The van der Waals surface area contributed by atoms with E-state index in [0.717, 1.165) is 0 Å². The van der Waals surface area contributed by atoms with Crippen molar-refractivity contribution < 1.29 is 27.1 Å². The van der Waals surface area contributed by atoms with E-state index in [1.807, 2.05) is 0 Å². The molecule has 0 aromatic heterocycles. The van der Waals surface area contributed by atoms with Crippen LogP contribution in [0, 0.1) is 23.0 Å². The molecule has 96 valence electrons. The Morgan fingerprint density at radius 3 is 2.56 bits per heavy atom. The number of nitriles is 1. The maximum absolute atomic E-state index is 13.3. The number of hydrogen-bond acceptors (Lipinski definition) is 4. The summed E-state index contributed by atoms with van der Waals surface area (Å²) in [6.45, 7) is -0.652. The number of aromatic carboxylic acids is 1.